The van der Waals surface area contributed by atoms with Gasteiger partial charge in [-0.25, -0.2) is 4.79 Å². The van der Waals surface area contributed by atoms with Gasteiger partial charge in [0.25, 0.3) is 0 Å². The quantitative estimate of drug-likeness (QED) is 0.835. The smallest absolute Gasteiger partial charge is 0.329 e. The van der Waals surface area contributed by atoms with Crippen LogP contribution >= 0.6 is 0 Å². The lowest BCUT2D eigenvalue weighted by Crippen LogP contribution is -2.43. The molecule has 3 heteroatoms. The average Bonchev–Trinajstić information content (AvgIpc) is 2.89. The molecule has 4 aliphatic rings. The topological polar surface area (TPSA) is 46.5 Å². The van der Waals surface area contributed by atoms with Crippen LogP contribution < -0.4 is 0 Å². The summed E-state index contributed by atoms with van der Waals surface area (Å²) in [5.74, 6) is 0.587. The van der Waals surface area contributed by atoms with Crippen LogP contribution in [0.1, 0.15) is 64.7 Å². The highest BCUT2D eigenvalue weighted by Crippen LogP contribution is 2.60. The first-order valence-corrected chi connectivity index (χ1v) is 9.34. The number of fused-ring (bicyclic) bond motifs is 4. The van der Waals surface area contributed by atoms with E-state index in [1.807, 2.05) is 0 Å². The molecule has 0 radical (unpaired) electrons. The van der Waals surface area contributed by atoms with Gasteiger partial charge in [-0.05, 0) is 86.2 Å². The minimum absolute atomic E-state index is 0.137. The van der Waals surface area contributed by atoms with Crippen molar-refractivity contribution in [3.8, 4) is 0 Å². The molecule has 0 amide bonds. The summed E-state index contributed by atoms with van der Waals surface area (Å²) in [4.78, 5) is 10.9. The van der Waals surface area contributed by atoms with Gasteiger partial charge in [-0.3, -0.25) is 0 Å². The van der Waals surface area contributed by atoms with Gasteiger partial charge < -0.3 is 9.84 Å². The monoisotopic (exact) mass is 316 g/mol. The highest BCUT2D eigenvalue weighted by Gasteiger charge is 2.54. The highest BCUT2D eigenvalue weighted by atomic mass is 16.5. The summed E-state index contributed by atoms with van der Waals surface area (Å²) >= 11 is 0. The van der Waals surface area contributed by atoms with Crippen LogP contribution in [0.15, 0.2) is 22.8 Å². The van der Waals surface area contributed by atoms with Gasteiger partial charge in [0.05, 0.1) is 6.10 Å². The molecular formula is C20H28O3. The van der Waals surface area contributed by atoms with Crippen LogP contribution in [0.3, 0.4) is 0 Å². The fourth-order valence-electron chi connectivity index (χ4n) is 6.03. The first-order valence-electron chi connectivity index (χ1n) is 9.34. The molecule has 4 atom stereocenters. The lowest BCUT2D eigenvalue weighted by atomic mass is 9.57. The maximum Gasteiger partial charge on any atom is 0.329 e. The molecule has 0 saturated heterocycles. The molecule has 126 valence electrons. The molecule has 4 rings (SSSR count). The first-order chi connectivity index (χ1) is 11.1. The van der Waals surface area contributed by atoms with Crippen molar-refractivity contribution in [2.24, 2.45) is 17.3 Å². The SMILES string of the molecule is C[C@]12CCC3=C4CCCC=C4CC[C@H]3[C@@H]1CCC2OCC(=O)O. The van der Waals surface area contributed by atoms with Crippen LogP contribution in [-0.2, 0) is 9.53 Å². The fourth-order valence-corrected chi connectivity index (χ4v) is 6.03. The minimum atomic E-state index is -0.842. The standard InChI is InChI=1S/C20H28O3/c1-20-11-10-15-14-5-3-2-4-13(14)6-7-16(15)17(20)8-9-18(20)23-12-19(21)22/h4,16-18H,2-3,5-12H2,1H3,(H,21,22)/t16-,17+,18?,20+/m1/s1. The summed E-state index contributed by atoms with van der Waals surface area (Å²) in [7, 11) is 0. The van der Waals surface area contributed by atoms with Crippen LogP contribution in [0.5, 0.6) is 0 Å². The zero-order valence-electron chi connectivity index (χ0n) is 14.1. The van der Waals surface area contributed by atoms with Gasteiger partial charge in [-0.15, -0.1) is 0 Å². The van der Waals surface area contributed by atoms with Crippen LogP contribution in [0.4, 0.5) is 0 Å². The van der Waals surface area contributed by atoms with Crippen molar-refractivity contribution in [1.29, 1.82) is 0 Å². The third-order valence-corrected chi connectivity index (χ3v) is 7.12. The Balaban J connectivity index is 1.59. The van der Waals surface area contributed by atoms with E-state index in [2.05, 4.69) is 13.0 Å². The Hall–Kier alpha value is -1.09. The molecule has 0 bridgehead atoms. The molecule has 0 aromatic carbocycles. The number of hydrogen-bond donors (Lipinski definition) is 1. The van der Waals surface area contributed by atoms with Crippen molar-refractivity contribution >= 4 is 5.97 Å². The van der Waals surface area contributed by atoms with Crippen LogP contribution in [-0.4, -0.2) is 23.8 Å². The predicted molar refractivity (Wildman–Crippen MR) is 89.1 cm³/mol. The Labute approximate surface area is 138 Å². The van der Waals surface area contributed by atoms with E-state index < -0.39 is 5.97 Å². The molecular weight excluding hydrogens is 288 g/mol. The minimum Gasteiger partial charge on any atom is -0.480 e. The molecule has 4 aliphatic carbocycles. The number of rotatable bonds is 3. The average molecular weight is 316 g/mol. The Bertz CT molecular complexity index is 573. The van der Waals surface area contributed by atoms with E-state index in [1.165, 1.54) is 51.4 Å². The molecule has 2 saturated carbocycles. The Kier molecular flexibility index (Phi) is 3.87. The lowest BCUT2D eigenvalue weighted by Gasteiger charge is -2.49. The Morgan fingerprint density at radius 3 is 3.00 bits per heavy atom. The molecule has 0 aliphatic heterocycles. The number of allylic oxidation sites excluding steroid dienone is 4. The number of ether oxygens (including phenoxy) is 1. The van der Waals surface area contributed by atoms with Gasteiger partial charge >= 0.3 is 5.97 Å². The first kappa shape index (κ1) is 15.4. The summed E-state index contributed by atoms with van der Waals surface area (Å²) in [5.41, 5.74) is 5.32. The van der Waals surface area contributed by atoms with E-state index in [0.29, 0.717) is 5.92 Å². The number of aliphatic carboxylic acids is 1. The molecule has 2 fully saturated rings. The number of hydrogen-bond acceptors (Lipinski definition) is 2. The molecule has 0 spiro atoms. The molecule has 0 aromatic heterocycles. The zero-order valence-corrected chi connectivity index (χ0v) is 14.1. The molecule has 1 unspecified atom stereocenters. The summed E-state index contributed by atoms with van der Waals surface area (Å²) in [6, 6.07) is 0. The second-order valence-corrected chi connectivity index (χ2v) is 8.15. The van der Waals surface area contributed by atoms with Gasteiger partial charge in [0.2, 0.25) is 0 Å². The van der Waals surface area contributed by atoms with E-state index in [4.69, 9.17) is 9.84 Å². The van der Waals surface area contributed by atoms with E-state index >= 15 is 0 Å². The van der Waals surface area contributed by atoms with Crippen molar-refractivity contribution in [2.45, 2.75) is 70.8 Å². The van der Waals surface area contributed by atoms with E-state index in [0.717, 1.165) is 12.3 Å². The van der Waals surface area contributed by atoms with Crippen LogP contribution in [0, 0.1) is 17.3 Å². The highest BCUT2D eigenvalue weighted by molar-refractivity contribution is 5.68. The van der Waals surface area contributed by atoms with Crippen molar-refractivity contribution in [1.82, 2.24) is 0 Å². The van der Waals surface area contributed by atoms with Gasteiger partial charge in [0.15, 0.2) is 0 Å². The van der Waals surface area contributed by atoms with E-state index in [9.17, 15) is 4.79 Å². The third kappa shape index (κ3) is 2.48. The second kappa shape index (κ2) is 5.77. The van der Waals surface area contributed by atoms with Crippen LogP contribution in [0.25, 0.3) is 0 Å². The fraction of sp³-hybridized carbons (Fsp3) is 0.750. The molecule has 23 heavy (non-hydrogen) atoms. The van der Waals surface area contributed by atoms with Crippen molar-refractivity contribution < 1.29 is 14.6 Å². The molecule has 3 nitrogen and oxygen atoms in total. The van der Waals surface area contributed by atoms with Crippen molar-refractivity contribution in [3.63, 3.8) is 0 Å². The normalized spacial score (nSPS) is 39.3. The number of carboxylic acid groups (broad SMARTS) is 1. The molecule has 0 heterocycles. The summed E-state index contributed by atoms with van der Waals surface area (Å²) < 4.78 is 5.80. The summed E-state index contributed by atoms with van der Waals surface area (Å²) in [5, 5.41) is 8.93. The van der Waals surface area contributed by atoms with Crippen molar-refractivity contribution in [3.05, 3.63) is 22.8 Å². The number of carbonyl (C=O) groups is 1. The van der Waals surface area contributed by atoms with Gasteiger partial charge in [0, 0.05) is 0 Å². The molecule has 0 aromatic rings. The number of carboxylic acids is 1. The largest absolute Gasteiger partial charge is 0.480 e. The Morgan fingerprint density at radius 1 is 1.30 bits per heavy atom. The van der Waals surface area contributed by atoms with Crippen molar-refractivity contribution in [2.75, 3.05) is 6.61 Å². The lowest BCUT2D eigenvalue weighted by molar-refractivity contribution is -0.147. The zero-order chi connectivity index (χ0) is 16.0. The summed E-state index contributed by atoms with van der Waals surface area (Å²) in [6.07, 6.45) is 13.7. The predicted octanol–water partition coefficient (Wildman–Crippen LogP) is 4.48. The molecule has 1 N–H and O–H groups in total. The van der Waals surface area contributed by atoms with Gasteiger partial charge in [-0.2, -0.15) is 0 Å². The second-order valence-electron chi connectivity index (χ2n) is 8.15. The maximum absolute atomic E-state index is 10.9. The van der Waals surface area contributed by atoms with Gasteiger partial charge in [0.1, 0.15) is 6.61 Å². The third-order valence-electron chi connectivity index (χ3n) is 7.12. The van der Waals surface area contributed by atoms with Crippen LogP contribution in [0.2, 0.25) is 0 Å². The van der Waals surface area contributed by atoms with E-state index in [-0.39, 0.29) is 18.1 Å². The summed E-state index contributed by atoms with van der Waals surface area (Å²) in [6.45, 7) is 2.23. The van der Waals surface area contributed by atoms with E-state index in [1.54, 1.807) is 16.7 Å². The Morgan fingerprint density at radius 2 is 2.17 bits per heavy atom. The van der Waals surface area contributed by atoms with Gasteiger partial charge in [-0.1, -0.05) is 18.6 Å². The maximum atomic E-state index is 10.9.